The fourth-order valence-electron chi connectivity index (χ4n) is 1.62. The summed E-state index contributed by atoms with van der Waals surface area (Å²) in [4.78, 5) is 22.9. The number of ether oxygens (including phenoxy) is 1. The Bertz CT molecular complexity index is 476. The van der Waals surface area contributed by atoms with E-state index in [0.717, 1.165) is 0 Å². The van der Waals surface area contributed by atoms with E-state index in [1.165, 1.54) is 10.7 Å². The molecule has 0 bridgehead atoms. The van der Waals surface area contributed by atoms with Crippen LogP contribution in [0, 0.1) is 0 Å². The molecule has 1 aliphatic heterocycles. The summed E-state index contributed by atoms with van der Waals surface area (Å²) in [6, 6.07) is 1.38. The molecule has 1 aromatic heterocycles. The van der Waals surface area contributed by atoms with Crippen LogP contribution in [-0.2, 0) is 11.8 Å². The van der Waals surface area contributed by atoms with E-state index >= 15 is 0 Å². The molecule has 0 radical (unpaired) electrons. The number of carbonyl (C=O) groups is 2. The Morgan fingerprint density at radius 1 is 1.59 bits per heavy atom. The second-order valence-electron chi connectivity index (χ2n) is 4.41. The number of nitrogens with two attached hydrogens (primary N) is 1. The maximum atomic E-state index is 11.9. The molecule has 7 nitrogen and oxygen atoms in total. The molecule has 2 amide bonds. The van der Waals surface area contributed by atoms with Crippen molar-refractivity contribution in [1.82, 2.24) is 15.1 Å². The van der Waals surface area contributed by atoms with Crippen molar-refractivity contribution in [2.75, 3.05) is 13.2 Å². The van der Waals surface area contributed by atoms with E-state index < -0.39 is 5.91 Å². The zero-order valence-electron chi connectivity index (χ0n) is 9.69. The van der Waals surface area contributed by atoms with E-state index in [1.807, 2.05) is 6.92 Å². The Morgan fingerprint density at radius 3 is 2.65 bits per heavy atom. The van der Waals surface area contributed by atoms with Gasteiger partial charge in [0.15, 0.2) is 5.69 Å². The van der Waals surface area contributed by atoms with Crippen LogP contribution in [0.2, 0.25) is 0 Å². The molecule has 17 heavy (non-hydrogen) atoms. The molecule has 92 valence electrons. The van der Waals surface area contributed by atoms with Crippen LogP contribution in [0.5, 0.6) is 0 Å². The molecule has 0 aromatic carbocycles. The molecule has 1 saturated heterocycles. The van der Waals surface area contributed by atoms with Gasteiger partial charge in [0.25, 0.3) is 11.8 Å². The maximum absolute atomic E-state index is 11.9. The van der Waals surface area contributed by atoms with Gasteiger partial charge in [0.1, 0.15) is 5.69 Å². The number of aryl methyl sites for hydroxylation is 1. The SMILES string of the molecule is Cn1nc(C(N)=O)cc1C(=O)NC1(C)COC1. The summed E-state index contributed by atoms with van der Waals surface area (Å²) in [6.45, 7) is 2.86. The van der Waals surface area contributed by atoms with E-state index in [-0.39, 0.29) is 17.1 Å². The van der Waals surface area contributed by atoms with Crippen molar-refractivity contribution in [2.45, 2.75) is 12.5 Å². The molecular weight excluding hydrogens is 224 g/mol. The van der Waals surface area contributed by atoms with E-state index in [4.69, 9.17) is 10.5 Å². The first-order valence-electron chi connectivity index (χ1n) is 5.15. The molecular formula is C10H14N4O3. The van der Waals surface area contributed by atoms with Crippen molar-refractivity contribution >= 4 is 11.8 Å². The second-order valence-corrected chi connectivity index (χ2v) is 4.41. The summed E-state index contributed by atoms with van der Waals surface area (Å²) in [5, 5.41) is 6.68. The van der Waals surface area contributed by atoms with E-state index in [9.17, 15) is 9.59 Å². The highest BCUT2D eigenvalue weighted by Gasteiger charge is 2.35. The Morgan fingerprint density at radius 2 is 2.24 bits per heavy atom. The van der Waals surface area contributed by atoms with Gasteiger partial charge in [-0.15, -0.1) is 0 Å². The molecule has 1 aromatic rings. The fraction of sp³-hybridized carbons (Fsp3) is 0.500. The van der Waals surface area contributed by atoms with Gasteiger partial charge in [-0.05, 0) is 6.92 Å². The second kappa shape index (κ2) is 3.85. The van der Waals surface area contributed by atoms with Crippen molar-refractivity contribution < 1.29 is 14.3 Å². The van der Waals surface area contributed by atoms with Crippen molar-refractivity contribution in [3.05, 3.63) is 17.5 Å². The average Bonchev–Trinajstić information content (AvgIpc) is 2.58. The quantitative estimate of drug-likeness (QED) is 0.708. The molecule has 0 saturated carbocycles. The predicted molar refractivity (Wildman–Crippen MR) is 58.4 cm³/mol. The maximum Gasteiger partial charge on any atom is 0.270 e. The van der Waals surface area contributed by atoms with Crippen molar-refractivity contribution in [1.29, 1.82) is 0 Å². The monoisotopic (exact) mass is 238 g/mol. The van der Waals surface area contributed by atoms with Gasteiger partial charge in [-0.25, -0.2) is 0 Å². The molecule has 0 aliphatic carbocycles. The van der Waals surface area contributed by atoms with Crippen LogP contribution in [0.3, 0.4) is 0 Å². The van der Waals surface area contributed by atoms with Crippen LogP contribution in [0.1, 0.15) is 27.9 Å². The summed E-state index contributed by atoms with van der Waals surface area (Å²) in [5.41, 5.74) is 5.13. The molecule has 1 aliphatic rings. The minimum Gasteiger partial charge on any atom is -0.376 e. The number of carbonyl (C=O) groups excluding carboxylic acids is 2. The fourth-order valence-corrected chi connectivity index (χ4v) is 1.62. The minimum atomic E-state index is -0.655. The molecule has 0 unspecified atom stereocenters. The number of primary amides is 1. The van der Waals surface area contributed by atoms with Gasteiger partial charge in [-0.1, -0.05) is 0 Å². The first-order valence-corrected chi connectivity index (χ1v) is 5.15. The summed E-state index contributed by atoms with van der Waals surface area (Å²) in [5.74, 6) is -0.948. The summed E-state index contributed by atoms with van der Waals surface area (Å²) in [6.07, 6.45) is 0. The number of amides is 2. The smallest absolute Gasteiger partial charge is 0.270 e. The third kappa shape index (κ3) is 2.14. The summed E-state index contributed by atoms with van der Waals surface area (Å²) >= 11 is 0. The lowest BCUT2D eigenvalue weighted by Crippen LogP contribution is -2.60. The molecule has 1 fully saturated rings. The third-order valence-corrected chi connectivity index (χ3v) is 2.62. The number of hydrogen-bond donors (Lipinski definition) is 2. The molecule has 7 heteroatoms. The van der Waals surface area contributed by atoms with Crippen molar-refractivity contribution in [3.8, 4) is 0 Å². The normalized spacial score (nSPS) is 17.3. The van der Waals surface area contributed by atoms with Gasteiger partial charge in [-0.3, -0.25) is 14.3 Å². The standard InChI is InChI=1S/C10H14N4O3/c1-10(4-17-5-10)12-9(16)7-3-6(8(11)15)13-14(7)2/h3H,4-5H2,1-2H3,(H2,11,15)(H,12,16). The van der Waals surface area contributed by atoms with E-state index in [0.29, 0.717) is 18.9 Å². The molecule has 0 atom stereocenters. The molecule has 2 rings (SSSR count). The Balaban J connectivity index is 2.16. The summed E-state index contributed by atoms with van der Waals surface area (Å²) in [7, 11) is 1.58. The lowest BCUT2D eigenvalue weighted by atomic mass is 10.0. The highest BCUT2D eigenvalue weighted by molar-refractivity contribution is 5.97. The van der Waals surface area contributed by atoms with Crippen molar-refractivity contribution in [2.24, 2.45) is 12.8 Å². The van der Waals surface area contributed by atoms with E-state index in [1.54, 1.807) is 7.05 Å². The van der Waals surface area contributed by atoms with Crippen molar-refractivity contribution in [3.63, 3.8) is 0 Å². The Kier molecular flexibility index (Phi) is 2.62. The van der Waals surface area contributed by atoms with Gasteiger partial charge in [0, 0.05) is 13.1 Å². The number of rotatable bonds is 3. The highest BCUT2D eigenvalue weighted by Crippen LogP contribution is 2.16. The zero-order chi connectivity index (χ0) is 12.6. The first-order chi connectivity index (χ1) is 7.91. The zero-order valence-corrected chi connectivity index (χ0v) is 9.69. The number of nitrogens with zero attached hydrogens (tertiary/aromatic N) is 2. The van der Waals surface area contributed by atoms with Gasteiger partial charge < -0.3 is 15.8 Å². The van der Waals surface area contributed by atoms with Gasteiger partial charge in [0.05, 0.1) is 18.8 Å². The van der Waals surface area contributed by atoms with Crippen LogP contribution >= 0.6 is 0 Å². The van der Waals surface area contributed by atoms with Crippen LogP contribution in [0.15, 0.2) is 6.07 Å². The van der Waals surface area contributed by atoms with Crippen LogP contribution in [0.4, 0.5) is 0 Å². The molecule has 3 N–H and O–H groups in total. The van der Waals surface area contributed by atoms with Gasteiger partial charge in [0.2, 0.25) is 0 Å². The topological polar surface area (TPSA) is 99.2 Å². The minimum absolute atomic E-state index is 0.0765. The van der Waals surface area contributed by atoms with Crippen LogP contribution in [0.25, 0.3) is 0 Å². The highest BCUT2D eigenvalue weighted by atomic mass is 16.5. The third-order valence-electron chi connectivity index (χ3n) is 2.62. The predicted octanol–water partition coefficient (Wildman–Crippen LogP) is -0.962. The first kappa shape index (κ1) is 11.6. The van der Waals surface area contributed by atoms with E-state index in [2.05, 4.69) is 10.4 Å². The van der Waals surface area contributed by atoms with Crippen LogP contribution < -0.4 is 11.1 Å². The van der Waals surface area contributed by atoms with Gasteiger partial charge in [-0.2, -0.15) is 5.10 Å². The number of aromatic nitrogens is 2. The lowest BCUT2D eigenvalue weighted by Gasteiger charge is -2.38. The van der Waals surface area contributed by atoms with Crippen LogP contribution in [-0.4, -0.2) is 40.3 Å². The summed E-state index contributed by atoms with van der Waals surface area (Å²) < 4.78 is 6.37. The molecule has 0 spiro atoms. The number of hydrogen-bond acceptors (Lipinski definition) is 4. The molecule has 2 heterocycles. The Hall–Kier alpha value is -1.89. The largest absolute Gasteiger partial charge is 0.376 e. The average molecular weight is 238 g/mol. The lowest BCUT2D eigenvalue weighted by molar-refractivity contribution is -0.0594. The van der Waals surface area contributed by atoms with Gasteiger partial charge >= 0.3 is 0 Å². The Labute approximate surface area is 97.9 Å². The number of nitrogens with one attached hydrogen (secondary N) is 1.